The summed E-state index contributed by atoms with van der Waals surface area (Å²) in [6, 6.07) is 12.8. The zero-order chi connectivity index (χ0) is 22.2. The zero-order valence-corrected chi connectivity index (χ0v) is 20.4. The van der Waals surface area contributed by atoms with Gasteiger partial charge in [0.25, 0.3) is 0 Å². The van der Waals surface area contributed by atoms with Crippen LogP contribution in [-0.2, 0) is 6.42 Å². The van der Waals surface area contributed by atoms with Crippen molar-refractivity contribution in [2.24, 2.45) is 5.92 Å². The predicted octanol–water partition coefficient (Wildman–Crippen LogP) is 9.03. The summed E-state index contributed by atoms with van der Waals surface area (Å²) in [5.74, 6) is 1.82. The Balaban J connectivity index is 1.65. The molecule has 0 bridgehead atoms. The van der Waals surface area contributed by atoms with Crippen molar-refractivity contribution in [2.75, 3.05) is 6.61 Å². The fourth-order valence-electron chi connectivity index (χ4n) is 3.92. The minimum atomic E-state index is 0.811. The SMILES string of the molecule is CCCCCCCCCc1ccc(-c2ccc(OCCCCCC(C)CC)cc2)nc1. The molecular weight excluding hydrogens is 378 g/mol. The molecule has 0 N–H and O–H groups in total. The quantitative estimate of drug-likeness (QED) is 0.237. The van der Waals surface area contributed by atoms with Crippen LogP contribution in [0.4, 0.5) is 0 Å². The van der Waals surface area contributed by atoms with E-state index in [1.165, 1.54) is 76.2 Å². The fraction of sp³-hybridized carbons (Fsp3) is 0.621. The van der Waals surface area contributed by atoms with E-state index in [-0.39, 0.29) is 0 Å². The Morgan fingerprint density at radius 1 is 0.774 bits per heavy atom. The molecule has 0 saturated heterocycles. The maximum atomic E-state index is 5.91. The number of aromatic nitrogens is 1. The van der Waals surface area contributed by atoms with Crippen LogP contribution in [0.1, 0.15) is 103 Å². The minimum Gasteiger partial charge on any atom is -0.494 e. The van der Waals surface area contributed by atoms with Gasteiger partial charge in [-0.05, 0) is 61.1 Å². The van der Waals surface area contributed by atoms with E-state index in [9.17, 15) is 0 Å². The first-order chi connectivity index (χ1) is 15.2. The summed E-state index contributed by atoms with van der Waals surface area (Å²) < 4.78 is 5.91. The second-order valence-electron chi connectivity index (χ2n) is 9.16. The van der Waals surface area contributed by atoms with Gasteiger partial charge in [-0.2, -0.15) is 0 Å². The van der Waals surface area contributed by atoms with Gasteiger partial charge in [-0.3, -0.25) is 4.98 Å². The summed E-state index contributed by atoms with van der Waals surface area (Å²) in [6.45, 7) is 7.71. The minimum absolute atomic E-state index is 0.811. The summed E-state index contributed by atoms with van der Waals surface area (Å²) in [6.07, 6.45) is 19.0. The summed E-state index contributed by atoms with van der Waals surface area (Å²) in [5, 5.41) is 0. The number of nitrogens with zero attached hydrogens (tertiary/aromatic N) is 1. The number of pyridine rings is 1. The van der Waals surface area contributed by atoms with Gasteiger partial charge < -0.3 is 4.74 Å². The van der Waals surface area contributed by atoms with Crippen molar-refractivity contribution in [2.45, 2.75) is 104 Å². The molecule has 0 saturated carbocycles. The van der Waals surface area contributed by atoms with E-state index in [2.05, 4.69) is 63.4 Å². The third-order valence-electron chi connectivity index (χ3n) is 6.35. The highest BCUT2D eigenvalue weighted by Crippen LogP contribution is 2.22. The van der Waals surface area contributed by atoms with Gasteiger partial charge in [-0.15, -0.1) is 0 Å². The molecule has 1 atom stereocenters. The van der Waals surface area contributed by atoms with Crippen LogP contribution in [0.2, 0.25) is 0 Å². The number of rotatable bonds is 17. The summed E-state index contributed by atoms with van der Waals surface area (Å²) in [7, 11) is 0. The van der Waals surface area contributed by atoms with Crippen molar-refractivity contribution in [1.82, 2.24) is 4.98 Å². The second kappa shape index (κ2) is 15.9. The molecular formula is C29H45NO. The standard InChI is InChI=1S/C29H45NO/c1-4-6-7-8-9-10-13-16-26-17-22-29(30-24-26)27-18-20-28(21-19-27)31-23-14-11-12-15-25(3)5-2/h17-22,24-25H,4-16,23H2,1-3H3. The van der Waals surface area contributed by atoms with Crippen LogP contribution in [0, 0.1) is 5.92 Å². The lowest BCUT2D eigenvalue weighted by molar-refractivity contribution is 0.302. The first-order valence-electron chi connectivity index (χ1n) is 12.9. The first-order valence-corrected chi connectivity index (χ1v) is 12.9. The third-order valence-corrected chi connectivity index (χ3v) is 6.35. The van der Waals surface area contributed by atoms with E-state index in [1.54, 1.807) is 0 Å². The highest BCUT2D eigenvalue weighted by Gasteiger charge is 2.02. The molecule has 0 amide bonds. The molecule has 1 heterocycles. The van der Waals surface area contributed by atoms with E-state index < -0.39 is 0 Å². The molecule has 172 valence electrons. The Morgan fingerprint density at radius 3 is 2.16 bits per heavy atom. The van der Waals surface area contributed by atoms with Gasteiger partial charge in [0.05, 0.1) is 12.3 Å². The largest absolute Gasteiger partial charge is 0.494 e. The molecule has 31 heavy (non-hydrogen) atoms. The fourth-order valence-corrected chi connectivity index (χ4v) is 3.92. The number of hydrogen-bond acceptors (Lipinski definition) is 2. The molecule has 1 unspecified atom stereocenters. The maximum absolute atomic E-state index is 5.91. The lowest BCUT2D eigenvalue weighted by Gasteiger charge is -2.09. The summed E-state index contributed by atoms with van der Waals surface area (Å²) >= 11 is 0. The molecule has 1 aromatic carbocycles. The summed E-state index contributed by atoms with van der Waals surface area (Å²) in [5.41, 5.74) is 3.55. The van der Waals surface area contributed by atoms with Crippen molar-refractivity contribution in [1.29, 1.82) is 0 Å². The van der Waals surface area contributed by atoms with Crippen molar-refractivity contribution >= 4 is 0 Å². The van der Waals surface area contributed by atoms with Crippen molar-refractivity contribution in [3.8, 4) is 17.0 Å². The molecule has 0 aliphatic heterocycles. The Bertz CT molecular complexity index is 677. The van der Waals surface area contributed by atoms with Crippen LogP contribution >= 0.6 is 0 Å². The van der Waals surface area contributed by atoms with Gasteiger partial charge in [0.1, 0.15) is 5.75 Å². The van der Waals surface area contributed by atoms with Crippen molar-refractivity contribution in [3.05, 3.63) is 48.2 Å². The smallest absolute Gasteiger partial charge is 0.119 e. The predicted molar refractivity (Wildman–Crippen MR) is 135 cm³/mol. The molecule has 0 aliphatic carbocycles. The highest BCUT2D eigenvalue weighted by molar-refractivity contribution is 5.60. The molecule has 0 fully saturated rings. The normalized spacial score (nSPS) is 12.1. The van der Waals surface area contributed by atoms with Crippen LogP contribution in [0.3, 0.4) is 0 Å². The van der Waals surface area contributed by atoms with Gasteiger partial charge in [0.2, 0.25) is 0 Å². The van der Waals surface area contributed by atoms with Crippen molar-refractivity contribution in [3.63, 3.8) is 0 Å². The molecule has 2 rings (SSSR count). The molecule has 2 nitrogen and oxygen atoms in total. The molecule has 0 radical (unpaired) electrons. The second-order valence-corrected chi connectivity index (χ2v) is 9.16. The Hall–Kier alpha value is -1.83. The average Bonchev–Trinajstić information content (AvgIpc) is 2.81. The third kappa shape index (κ3) is 10.8. The van der Waals surface area contributed by atoms with E-state index in [1.807, 2.05) is 0 Å². The van der Waals surface area contributed by atoms with Crippen LogP contribution in [0.25, 0.3) is 11.3 Å². The van der Waals surface area contributed by atoms with E-state index in [0.717, 1.165) is 42.4 Å². The van der Waals surface area contributed by atoms with Gasteiger partial charge in [-0.25, -0.2) is 0 Å². The summed E-state index contributed by atoms with van der Waals surface area (Å²) in [4.78, 5) is 4.69. The van der Waals surface area contributed by atoms with Gasteiger partial charge in [0, 0.05) is 11.8 Å². The lowest BCUT2D eigenvalue weighted by atomic mass is 10.0. The van der Waals surface area contributed by atoms with E-state index >= 15 is 0 Å². The molecule has 1 aromatic heterocycles. The number of hydrogen-bond donors (Lipinski definition) is 0. The number of aryl methyl sites for hydroxylation is 1. The molecule has 2 heteroatoms. The topological polar surface area (TPSA) is 22.1 Å². The molecule has 0 aliphatic rings. The van der Waals surface area contributed by atoms with Gasteiger partial charge >= 0.3 is 0 Å². The Labute approximate surface area is 191 Å². The van der Waals surface area contributed by atoms with Crippen LogP contribution in [-0.4, -0.2) is 11.6 Å². The van der Waals surface area contributed by atoms with Crippen LogP contribution in [0.5, 0.6) is 5.75 Å². The van der Waals surface area contributed by atoms with E-state index in [0.29, 0.717) is 0 Å². The van der Waals surface area contributed by atoms with E-state index in [4.69, 9.17) is 9.72 Å². The monoisotopic (exact) mass is 423 g/mol. The average molecular weight is 424 g/mol. The Kier molecular flexibility index (Phi) is 13.0. The van der Waals surface area contributed by atoms with Gasteiger partial charge in [0.15, 0.2) is 0 Å². The molecule has 2 aromatic rings. The van der Waals surface area contributed by atoms with Crippen molar-refractivity contribution < 1.29 is 4.74 Å². The number of ether oxygens (including phenoxy) is 1. The Morgan fingerprint density at radius 2 is 1.48 bits per heavy atom. The first kappa shape index (κ1) is 25.4. The molecule has 0 spiro atoms. The number of benzene rings is 1. The van der Waals surface area contributed by atoms with Crippen LogP contribution in [0.15, 0.2) is 42.6 Å². The maximum Gasteiger partial charge on any atom is 0.119 e. The lowest BCUT2D eigenvalue weighted by Crippen LogP contribution is -1.98. The van der Waals surface area contributed by atoms with Crippen LogP contribution < -0.4 is 4.74 Å². The number of unbranched alkanes of at least 4 members (excludes halogenated alkanes) is 8. The van der Waals surface area contributed by atoms with Gasteiger partial charge in [-0.1, -0.05) is 91.0 Å². The highest BCUT2D eigenvalue weighted by atomic mass is 16.5. The zero-order valence-electron chi connectivity index (χ0n) is 20.4.